The molecule has 25 heavy (non-hydrogen) atoms. The maximum Gasteiger partial charge on any atom is 0.303 e. The summed E-state index contributed by atoms with van der Waals surface area (Å²) in [6.07, 6.45) is 16.5. The third kappa shape index (κ3) is 19.3. The first-order valence-corrected chi connectivity index (χ1v) is 10.2. The number of hydrogen-bond acceptors (Lipinski definition) is 3. The molecular formula is C20H35ClO4. The number of hydrogen-bond donors (Lipinski definition) is 2. The number of alkyl halides is 1. The first-order chi connectivity index (χ1) is 12.1. The Morgan fingerprint density at radius 3 is 2.12 bits per heavy atom. The van der Waals surface area contributed by atoms with E-state index in [0.29, 0.717) is 12.8 Å². The largest absolute Gasteiger partial charge is 0.481 e. The zero-order valence-electron chi connectivity index (χ0n) is 15.4. The lowest BCUT2D eigenvalue weighted by Crippen LogP contribution is -2.04. The van der Waals surface area contributed by atoms with Crippen LogP contribution >= 0.6 is 11.6 Å². The highest BCUT2D eigenvalue weighted by molar-refractivity contribution is 6.27. The average Bonchev–Trinajstić information content (AvgIpc) is 2.58. The van der Waals surface area contributed by atoms with Gasteiger partial charge in [-0.3, -0.25) is 9.59 Å². The van der Waals surface area contributed by atoms with Crippen molar-refractivity contribution in [2.24, 2.45) is 0 Å². The molecule has 0 rings (SSSR count). The molecule has 0 fully saturated rings. The number of carboxylic acids is 1. The van der Waals surface area contributed by atoms with Crippen LogP contribution in [0.2, 0.25) is 0 Å². The molecule has 0 aliphatic carbocycles. The summed E-state index contributed by atoms with van der Waals surface area (Å²) < 4.78 is 0. The van der Waals surface area contributed by atoms with E-state index in [1.165, 1.54) is 0 Å². The molecule has 4 nitrogen and oxygen atoms in total. The van der Waals surface area contributed by atoms with Gasteiger partial charge in [0.25, 0.3) is 0 Å². The lowest BCUT2D eigenvalue weighted by molar-refractivity contribution is -0.137. The molecule has 0 aromatic heterocycles. The Kier molecular flexibility index (Phi) is 17.3. The number of ketones is 1. The van der Waals surface area contributed by atoms with Gasteiger partial charge in [0, 0.05) is 12.8 Å². The van der Waals surface area contributed by atoms with Crippen molar-refractivity contribution < 1.29 is 19.8 Å². The lowest BCUT2D eigenvalue weighted by Gasteiger charge is -2.07. The lowest BCUT2D eigenvalue weighted by atomic mass is 10.0. The van der Waals surface area contributed by atoms with E-state index in [1.807, 2.05) is 0 Å². The standard InChI is InChI=1S/C20H35ClO4/c21-17-19(23)15-11-8-7-10-14-18(22)13-9-5-3-1-2-4-6-12-16-20(24)25/h5,9,18,22H,1-4,6-8,10-17H2,(H,24,25)/b9-5-/t18-/m0/s1. The summed E-state index contributed by atoms with van der Waals surface area (Å²) in [6, 6.07) is 0. The molecule has 0 heterocycles. The first-order valence-electron chi connectivity index (χ1n) is 9.68. The molecule has 5 heteroatoms. The fourth-order valence-corrected chi connectivity index (χ4v) is 2.81. The predicted molar refractivity (Wildman–Crippen MR) is 103 cm³/mol. The van der Waals surface area contributed by atoms with Gasteiger partial charge in [-0.1, -0.05) is 50.7 Å². The van der Waals surface area contributed by atoms with Crippen molar-refractivity contribution in [1.82, 2.24) is 0 Å². The minimum absolute atomic E-state index is 0.118. The van der Waals surface area contributed by atoms with Crippen LogP contribution in [-0.2, 0) is 9.59 Å². The fraction of sp³-hybridized carbons (Fsp3) is 0.800. The van der Waals surface area contributed by atoms with Crippen molar-refractivity contribution in [1.29, 1.82) is 0 Å². The number of aliphatic hydroxyl groups is 1. The predicted octanol–water partition coefficient (Wildman–Crippen LogP) is 5.26. The maximum absolute atomic E-state index is 11.0. The van der Waals surface area contributed by atoms with Gasteiger partial charge >= 0.3 is 5.97 Å². The van der Waals surface area contributed by atoms with Gasteiger partial charge < -0.3 is 10.2 Å². The van der Waals surface area contributed by atoms with Crippen molar-refractivity contribution in [3.05, 3.63) is 12.2 Å². The Bertz CT molecular complexity index is 369. The van der Waals surface area contributed by atoms with Crippen LogP contribution in [0.3, 0.4) is 0 Å². The molecule has 0 radical (unpaired) electrons. The van der Waals surface area contributed by atoms with Gasteiger partial charge in [0.15, 0.2) is 0 Å². The number of carbonyl (C=O) groups is 2. The van der Waals surface area contributed by atoms with Gasteiger partial charge in [-0.2, -0.15) is 0 Å². The van der Waals surface area contributed by atoms with Gasteiger partial charge in [-0.25, -0.2) is 0 Å². The van der Waals surface area contributed by atoms with Gasteiger partial charge in [-0.15, -0.1) is 11.6 Å². The maximum atomic E-state index is 11.0. The van der Waals surface area contributed by atoms with Crippen molar-refractivity contribution in [3.63, 3.8) is 0 Å². The molecule has 0 spiro atoms. The van der Waals surface area contributed by atoms with E-state index in [2.05, 4.69) is 12.2 Å². The van der Waals surface area contributed by atoms with E-state index in [0.717, 1.165) is 70.6 Å². The molecular weight excluding hydrogens is 340 g/mol. The Balaban J connectivity index is 3.33. The molecule has 2 N–H and O–H groups in total. The number of rotatable bonds is 18. The topological polar surface area (TPSA) is 74.6 Å². The van der Waals surface area contributed by atoms with Gasteiger partial charge in [0.1, 0.15) is 5.78 Å². The zero-order chi connectivity index (χ0) is 18.8. The van der Waals surface area contributed by atoms with Crippen LogP contribution in [0.1, 0.15) is 89.9 Å². The third-order valence-electron chi connectivity index (χ3n) is 4.23. The summed E-state index contributed by atoms with van der Waals surface area (Å²) in [5.41, 5.74) is 0. The molecule has 0 aromatic rings. The highest BCUT2D eigenvalue weighted by atomic mass is 35.5. The number of carbonyl (C=O) groups excluding carboxylic acids is 1. The molecule has 0 aliphatic heterocycles. The summed E-state index contributed by atoms with van der Waals surface area (Å²) in [4.78, 5) is 21.4. The molecule has 1 atom stereocenters. The number of allylic oxidation sites excluding steroid dienone is 1. The third-order valence-corrected chi connectivity index (χ3v) is 4.53. The summed E-state index contributed by atoms with van der Waals surface area (Å²) in [6.45, 7) is 0. The second-order valence-electron chi connectivity index (χ2n) is 6.69. The molecule has 0 bridgehead atoms. The second kappa shape index (κ2) is 17.9. The molecule has 0 aliphatic rings. The smallest absolute Gasteiger partial charge is 0.303 e. The quantitative estimate of drug-likeness (QED) is 0.195. The Morgan fingerprint density at radius 1 is 0.840 bits per heavy atom. The number of aliphatic carboxylic acids is 1. The first kappa shape index (κ1) is 24.1. The van der Waals surface area contributed by atoms with Crippen LogP contribution in [0, 0.1) is 0 Å². The van der Waals surface area contributed by atoms with Crippen molar-refractivity contribution in [3.8, 4) is 0 Å². The molecule has 0 aromatic carbocycles. The monoisotopic (exact) mass is 374 g/mol. The summed E-state index contributed by atoms with van der Waals surface area (Å²) in [5, 5.41) is 18.4. The molecule has 0 saturated carbocycles. The van der Waals surface area contributed by atoms with E-state index >= 15 is 0 Å². The van der Waals surface area contributed by atoms with Gasteiger partial charge in [-0.05, 0) is 38.5 Å². The summed E-state index contributed by atoms with van der Waals surface area (Å²) >= 11 is 5.44. The minimum atomic E-state index is -0.706. The van der Waals surface area contributed by atoms with E-state index in [1.54, 1.807) is 0 Å². The summed E-state index contributed by atoms with van der Waals surface area (Å²) in [7, 11) is 0. The number of Topliss-reactive ketones (excluding diaryl/α,β-unsaturated/α-hetero) is 1. The highest BCUT2D eigenvalue weighted by Crippen LogP contribution is 2.11. The van der Waals surface area contributed by atoms with Crippen LogP contribution in [0.25, 0.3) is 0 Å². The van der Waals surface area contributed by atoms with Gasteiger partial charge in [0.2, 0.25) is 0 Å². The number of unbranched alkanes of at least 4 members (excludes halogenated alkanes) is 8. The van der Waals surface area contributed by atoms with E-state index < -0.39 is 5.97 Å². The van der Waals surface area contributed by atoms with E-state index in [-0.39, 0.29) is 24.2 Å². The zero-order valence-corrected chi connectivity index (χ0v) is 16.2. The van der Waals surface area contributed by atoms with Crippen molar-refractivity contribution in [2.75, 3.05) is 5.88 Å². The van der Waals surface area contributed by atoms with Crippen molar-refractivity contribution in [2.45, 2.75) is 96.0 Å². The SMILES string of the molecule is O=C(O)CCCCCCC/C=C\C[C@H](O)CCCCCCC(=O)CCl. The van der Waals surface area contributed by atoms with Crippen LogP contribution in [0.15, 0.2) is 12.2 Å². The average molecular weight is 375 g/mol. The highest BCUT2D eigenvalue weighted by Gasteiger charge is 2.02. The fourth-order valence-electron chi connectivity index (χ4n) is 2.68. The molecule has 0 amide bonds. The Hall–Kier alpha value is -0.870. The molecule has 0 unspecified atom stereocenters. The van der Waals surface area contributed by atoms with Crippen molar-refractivity contribution >= 4 is 23.4 Å². The Labute approximate surface area is 157 Å². The number of carboxylic acid groups (broad SMARTS) is 1. The van der Waals surface area contributed by atoms with E-state index in [9.17, 15) is 14.7 Å². The van der Waals surface area contributed by atoms with Crippen LogP contribution in [0.4, 0.5) is 0 Å². The molecule has 146 valence electrons. The van der Waals surface area contributed by atoms with Crippen LogP contribution in [-0.4, -0.2) is 33.9 Å². The number of halogens is 1. The molecule has 0 saturated heterocycles. The summed E-state index contributed by atoms with van der Waals surface area (Å²) in [5.74, 6) is -0.467. The van der Waals surface area contributed by atoms with Gasteiger partial charge in [0.05, 0.1) is 12.0 Å². The van der Waals surface area contributed by atoms with Crippen LogP contribution < -0.4 is 0 Å². The van der Waals surface area contributed by atoms with Crippen LogP contribution in [0.5, 0.6) is 0 Å². The normalized spacial score (nSPS) is 12.6. The minimum Gasteiger partial charge on any atom is -0.481 e. The second-order valence-corrected chi connectivity index (χ2v) is 6.95. The Morgan fingerprint density at radius 2 is 1.44 bits per heavy atom. The number of aliphatic hydroxyl groups excluding tert-OH is 1. The van der Waals surface area contributed by atoms with E-state index in [4.69, 9.17) is 16.7 Å².